The highest BCUT2D eigenvalue weighted by Gasteiger charge is 2.32. The number of halogens is 4. The summed E-state index contributed by atoms with van der Waals surface area (Å²) in [5, 5.41) is 14.0. The van der Waals surface area contributed by atoms with E-state index in [9.17, 15) is 23.3 Å². The third kappa shape index (κ3) is 5.12. The summed E-state index contributed by atoms with van der Waals surface area (Å²) < 4.78 is 53.4. The molecule has 0 amide bonds. The standard InChI is InChI=1S/C17H14BrF3N2O5/c18-11-3-4-12(15(9-11)28-17(19,20)21)22-13-8-10(2-5-14(13)23(24)25)16-26-6-1-7-27-16/h2-5,8-9,16,22H,1,6-7H2. The lowest BCUT2D eigenvalue weighted by Crippen LogP contribution is -2.18. The van der Waals surface area contributed by atoms with E-state index < -0.39 is 23.3 Å². The van der Waals surface area contributed by atoms with Gasteiger partial charge >= 0.3 is 6.36 Å². The van der Waals surface area contributed by atoms with Gasteiger partial charge in [-0.05, 0) is 36.8 Å². The third-order valence-corrected chi connectivity index (χ3v) is 4.25. The van der Waals surface area contributed by atoms with Crippen molar-refractivity contribution in [3.05, 3.63) is 56.5 Å². The Morgan fingerprint density at radius 1 is 1.14 bits per heavy atom. The first-order chi connectivity index (χ1) is 13.2. The Balaban J connectivity index is 1.97. The maximum Gasteiger partial charge on any atom is 0.573 e. The van der Waals surface area contributed by atoms with Crippen LogP contribution in [0.15, 0.2) is 40.9 Å². The highest BCUT2D eigenvalue weighted by molar-refractivity contribution is 9.10. The van der Waals surface area contributed by atoms with Crippen LogP contribution in [-0.4, -0.2) is 24.5 Å². The van der Waals surface area contributed by atoms with E-state index in [1.54, 1.807) is 0 Å². The molecule has 150 valence electrons. The number of benzene rings is 2. The van der Waals surface area contributed by atoms with E-state index in [1.807, 2.05) is 0 Å². The second-order valence-corrected chi connectivity index (χ2v) is 6.69. The van der Waals surface area contributed by atoms with Crippen LogP contribution in [0.4, 0.5) is 30.2 Å². The van der Waals surface area contributed by atoms with Gasteiger partial charge in [0, 0.05) is 16.1 Å². The second kappa shape index (κ2) is 8.33. The van der Waals surface area contributed by atoms with Gasteiger partial charge in [0.15, 0.2) is 12.0 Å². The Bertz CT molecular complexity index is 872. The molecule has 0 atom stereocenters. The summed E-state index contributed by atoms with van der Waals surface area (Å²) in [5.74, 6) is -0.535. The number of nitrogens with zero attached hydrogens (tertiary/aromatic N) is 1. The summed E-state index contributed by atoms with van der Waals surface area (Å²) in [6.07, 6.45) is -4.90. The molecule has 1 fully saturated rings. The molecule has 1 heterocycles. The minimum atomic E-state index is -4.92. The van der Waals surface area contributed by atoms with Crippen LogP contribution >= 0.6 is 15.9 Å². The van der Waals surface area contributed by atoms with Gasteiger partial charge in [0.05, 0.1) is 23.8 Å². The molecule has 3 rings (SSSR count). The molecule has 11 heteroatoms. The van der Waals surface area contributed by atoms with Crippen LogP contribution in [0.2, 0.25) is 0 Å². The molecule has 2 aromatic carbocycles. The number of hydrogen-bond donors (Lipinski definition) is 1. The number of nitro groups is 1. The van der Waals surface area contributed by atoms with Crippen molar-refractivity contribution in [3.63, 3.8) is 0 Å². The first-order valence-electron chi connectivity index (χ1n) is 8.07. The Labute approximate surface area is 165 Å². The lowest BCUT2D eigenvalue weighted by Gasteiger charge is -2.24. The van der Waals surface area contributed by atoms with Gasteiger partial charge in [-0.25, -0.2) is 0 Å². The topological polar surface area (TPSA) is 82.9 Å². The first kappa shape index (κ1) is 20.4. The van der Waals surface area contributed by atoms with Crippen molar-refractivity contribution in [1.29, 1.82) is 0 Å². The fourth-order valence-corrected chi connectivity index (χ4v) is 2.93. The Morgan fingerprint density at radius 2 is 1.86 bits per heavy atom. The SMILES string of the molecule is O=[N+]([O-])c1ccc(C2OCCCO2)cc1Nc1ccc(Br)cc1OC(F)(F)F. The van der Waals surface area contributed by atoms with Gasteiger partial charge in [-0.15, -0.1) is 13.2 Å². The van der Waals surface area contributed by atoms with Crippen molar-refractivity contribution in [2.45, 2.75) is 19.1 Å². The molecule has 1 N–H and O–H groups in total. The van der Waals surface area contributed by atoms with Crippen LogP contribution in [0.3, 0.4) is 0 Å². The molecule has 0 aliphatic carbocycles. The zero-order valence-corrected chi connectivity index (χ0v) is 15.7. The van der Waals surface area contributed by atoms with Crippen molar-refractivity contribution < 1.29 is 32.3 Å². The quantitative estimate of drug-likeness (QED) is 0.470. The van der Waals surface area contributed by atoms with Crippen LogP contribution in [0.1, 0.15) is 18.3 Å². The molecular weight excluding hydrogens is 449 g/mol. The van der Waals surface area contributed by atoms with E-state index in [2.05, 4.69) is 26.0 Å². The third-order valence-electron chi connectivity index (χ3n) is 3.76. The minimum Gasteiger partial charge on any atom is -0.404 e. The van der Waals surface area contributed by atoms with Gasteiger partial charge in [-0.1, -0.05) is 15.9 Å². The highest BCUT2D eigenvalue weighted by atomic mass is 79.9. The Hall–Kier alpha value is -2.37. The number of nitrogens with one attached hydrogen (secondary N) is 1. The predicted molar refractivity (Wildman–Crippen MR) is 96.5 cm³/mol. The smallest absolute Gasteiger partial charge is 0.404 e. The van der Waals surface area contributed by atoms with Gasteiger partial charge in [-0.2, -0.15) is 0 Å². The molecule has 0 spiro atoms. The molecule has 7 nitrogen and oxygen atoms in total. The zero-order valence-electron chi connectivity index (χ0n) is 14.2. The average molecular weight is 463 g/mol. The molecule has 1 aliphatic heterocycles. The van der Waals surface area contributed by atoms with Gasteiger partial charge in [0.2, 0.25) is 0 Å². The lowest BCUT2D eigenvalue weighted by molar-refractivity contribution is -0.384. The van der Waals surface area contributed by atoms with Crippen LogP contribution in [0.25, 0.3) is 0 Å². The highest BCUT2D eigenvalue weighted by Crippen LogP contribution is 2.38. The Morgan fingerprint density at radius 3 is 2.50 bits per heavy atom. The number of ether oxygens (including phenoxy) is 3. The maximum atomic E-state index is 12.7. The first-order valence-corrected chi connectivity index (χ1v) is 8.86. The van der Waals surface area contributed by atoms with Crippen molar-refractivity contribution in [1.82, 2.24) is 0 Å². The molecule has 0 unspecified atom stereocenters. The molecule has 1 saturated heterocycles. The van der Waals surface area contributed by atoms with Crippen molar-refractivity contribution in [2.24, 2.45) is 0 Å². The van der Waals surface area contributed by atoms with Crippen LogP contribution < -0.4 is 10.1 Å². The maximum absolute atomic E-state index is 12.7. The van der Waals surface area contributed by atoms with E-state index in [0.717, 1.165) is 12.5 Å². The summed E-state index contributed by atoms with van der Waals surface area (Å²) in [4.78, 5) is 10.7. The molecule has 0 saturated carbocycles. The number of nitro benzene ring substituents is 1. The number of anilines is 2. The van der Waals surface area contributed by atoms with Crippen molar-refractivity contribution in [3.8, 4) is 5.75 Å². The Kier molecular flexibility index (Phi) is 6.06. The van der Waals surface area contributed by atoms with Crippen molar-refractivity contribution >= 4 is 33.0 Å². The van der Waals surface area contributed by atoms with Crippen molar-refractivity contribution in [2.75, 3.05) is 18.5 Å². The van der Waals surface area contributed by atoms with E-state index in [0.29, 0.717) is 23.2 Å². The molecule has 0 radical (unpaired) electrons. The van der Waals surface area contributed by atoms with Gasteiger partial charge in [0.1, 0.15) is 5.69 Å². The fourth-order valence-electron chi connectivity index (χ4n) is 2.59. The minimum absolute atomic E-state index is 0.0189. The lowest BCUT2D eigenvalue weighted by atomic mass is 10.1. The number of alkyl halides is 3. The summed E-state index contributed by atoms with van der Waals surface area (Å²) >= 11 is 3.07. The summed E-state index contributed by atoms with van der Waals surface area (Å²) in [7, 11) is 0. The molecule has 1 aliphatic rings. The van der Waals surface area contributed by atoms with E-state index >= 15 is 0 Å². The summed E-state index contributed by atoms with van der Waals surface area (Å²) in [5.41, 5.74) is 0.0736. The van der Waals surface area contributed by atoms with Crippen LogP contribution in [-0.2, 0) is 9.47 Å². The molecule has 0 aromatic heterocycles. The van der Waals surface area contributed by atoms with Crippen LogP contribution in [0, 0.1) is 10.1 Å². The average Bonchev–Trinajstić information content (AvgIpc) is 2.63. The molecule has 2 aromatic rings. The fraction of sp³-hybridized carbons (Fsp3) is 0.294. The van der Waals surface area contributed by atoms with Gasteiger partial charge < -0.3 is 19.5 Å². The number of hydrogen-bond acceptors (Lipinski definition) is 6. The molecular formula is C17H14BrF3N2O5. The monoisotopic (exact) mass is 462 g/mol. The van der Waals surface area contributed by atoms with Gasteiger partial charge in [0.25, 0.3) is 5.69 Å². The molecule has 0 bridgehead atoms. The molecule has 28 heavy (non-hydrogen) atoms. The van der Waals surface area contributed by atoms with Gasteiger partial charge in [-0.3, -0.25) is 10.1 Å². The van der Waals surface area contributed by atoms with E-state index in [4.69, 9.17) is 9.47 Å². The second-order valence-electron chi connectivity index (χ2n) is 5.77. The normalized spacial score (nSPS) is 15.3. The van der Waals surface area contributed by atoms with E-state index in [1.165, 1.54) is 30.3 Å². The predicted octanol–water partition coefficient (Wildman–Crippen LogP) is 5.44. The largest absolute Gasteiger partial charge is 0.573 e. The van der Waals surface area contributed by atoms with Crippen LogP contribution in [0.5, 0.6) is 5.75 Å². The zero-order chi connectivity index (χ0) is 20.3. The number of rotatable bonds is 5. The summed E-state index contributed by atoms with van der Waals surface area (Å²) in [6, 6.07) is 8.03. The summed E-state index contributed by atoms with van der Waals surface area (Å²) in [6.45, 7) is 0.946. The van der Waals surface area contributed by atoms with E-state index in [-0.39, 0.29) is 17.1 Å².